The van der Waals surface area contributed by atoms with Gasteiger partial charge < -0.3 is 4.74 Å². The fraction of sp³-hybridized carbons (Fsp3) is 0.588. The third-order valence-electron chi connectivity index (χ3n) is 4.64. The summed E-state index contributed by atoms with van der Waals surface area (Å²) in [6, 6.07) is 9.24. The second-order valence-corrected chi connectivity index (χ2v) is 6.31. The molecule has 2 atom stereocenters. The maximum Gasteiger partial charge on any atom is 0.308 e. The molecule has 3 rings (SSSR count). The van der Waals surface area contributed by atoms with E-state index >= 15 is 0 Å². The van der Waals surface area contributed by atoms with E-state index in [9.17, 15) is 4.79 Å². The average Bonchev–Trinajstić information content (AvgIpc) is 2.88. The van der Waals surface area contributed by atoms with Gasteiger partial charge in [0.1, 0.15) is 5.75 Å². The Morgan fingerprint density at radius 2 is 2.05 bits per heavy atom. The summed E-state index contributed by atoms with van der Waals surface area (Å²) in [7, 11) is 0. The SMILES string of the molecule is CC(=O)Oc1ccc(CN2C[C@H]3CCCN3C[C@H]2C)cc1. The van der Waals surface area contributed by atoms with E-state index in [2.05, 4.69) is 28.9 Å². The Labute approximate surface area is 126 Å². The first-order valence-electron chi connectivity index (χ1n) is 7.87. The van der Waals surface area contributed by atoms with Crippen LogP contribution in [0.25, 0.3) is 0 Å². The molecule has 0 N–H and O–H groups in total. The van der Waals surface area contributed by atoms with Gasteiger partial charge in [-0.05, 0) is 44.0 Å². The molecule has 2 aliphatic heterocycles. The molecular formula is C17H24N2O2. The van der Waals surface area contributed by atoms with Crippen LogP contribution in [-0.2, 0) is 11.3 Å². The number of rotatable bonds is 3. The maximum atomic E-state index is 10.9. The van der Waals surface area contributed by atoms with E-state index in [1.54, 1.807) is 0 Å². The Morgan fingerprint density at radius 3 is 2.76 bits per heavy atom. The highest BCUT2D eigenvalue weighted by Crippen LogP contribution is 2.26. The smallest absolute Gasteiger partial charge is 0.308 e. The molecule has 0 spiro atoms. The highest BCUT2D eigenvalue weighted by Gasteiger charge is 2.34. The van der Waals surface area contributed by atoms with Crippen LogP contribution in [0.15, 0.2) is 24.3 Å². The van der Waals surface area contributed by atoms with Crippen LogP contribution in [0, 0.1) is 0 Å². The predicted octanol–water partition coefficient (Wildman–Crippen LogP) is 2.28. The number of nitrogens with zero attached hydrogens (tertiary/aromatic N) is 2. The molecule has 1 aromatic rings. The zero-order chi connectivity index (χ0) is 14.8. The van der Waals surface area contributed by atoms with Crippen LogP contribution in [0.2, 0.25) is 0 Å². The standard InChI is InChI=1S/C17H24N2O2/c1-13-10-18-9-3-4-16(18)12-19(13)11-15-5-7-17(8-6-15)21-14(2)20/h5-8,13,16H,3-4,9-12H2,1-2H3/t13-,16-/m1/s1. The van der Waals surface area contributed by atoms with Crippen LogP contribution >= 0.6 is 0 Å². The Balaban J connectivity index is 1.61. The molecule has 2 saturated heterocycles. The zero-order valence-corrected chi connectivity index (χ0v) is 12.9. The summed E-state index contributed by atoms with van der Waals surface area (Å²) in [4.78, 5) is 16.1. The van der Waals surface area contributed by atoms with Crippen molar-refractivity contribution in [3.63, 3.8) is 0 Å². The molecule has 2 heterocycles. The van der Waals surface area contributed by atoms with Gasteiger partial charge in [0.15, 0.2) is 0 Å². The van der Waals surface area contributed by atoms with E-state index in [0.29, 0.717) is 11.8 Å². The molecule has 0 amide bonds. The van der Waals surface area contributed by atoms with Crippen molar-refractivity contribution < 1.29 is 9.53 Å². The Kier molecular flexibility index (Phi) is 4.27. The van der Waals surface area contributed by atoms with Gasteiger partial charge in [-0.3, -0.25) is 14.6 Å². The summed E-state index contributed by atoms with van der Waals surface area (Å²) in [6.45, 7) is 8.37. The molecule has 0 saturated carbocycles. The van der Waals surface area contributed by atoms with Gasteiger partial charge in [0.05, 0.1) is 0 Å². The van der Waals surface area contributed by atoms with Crippen molar-refractivity contribution >= 4 is 5.97 Å². The van der Waals surface area contributed by atoms with Gasteiger partial charge in [-0.25, -0.2) is 0 Å². The summed E-state index contributed by atoms with van der Waals surface area (Å²) >= 11 is 0. The van der Waals surface area contributed by atoms with Crippen molar-refractivity contribution in [2.75, 3.05) is 19.6 Å². The van der Waals surface area contributed by atoms with E-state index in [4.69, 9.17) is 4.74 Å². The molecule has 2 fully saturated rings. The molecule has 4 heteroatoms. The number of hydrogen-bond donors (Lipinski definition) is 0. The van der Waals surface area contributed by atoms with Crippen LogP contribution < -0.4 is 4.74 Å². The number of benzene rings is 1. The average molecular weight is 288 g/mol. The van der Waals surface area contributed by atoms with Gasteiger partial charge in [-0.1, -0.05) is 12.1 Å². The highest BCUT2D eigenvalue weighted by molar-refractivity contribution is 5.69. The third kappa shape index (κ3) is 3.44. The normalized spacial score (nSPS) is 26.6. The molecule has 0 unspecified atom stereocenters. The van der Waals surface area contributed by atoms with Gasteiger partial charge in [-0.2, -0.15) is 0 Å². The minimum Gasteiger partial charge on any atom is -0.427 e. The van der Waals surface area contributed by atoms with E-state index in [0.717, 1.165) is 12.6 Å². The number of carbonyl (C=O) groups excluding carboxylic acids is 1. The fourth-order valence-corrected chi connectivity index (χ4v) is 3.53. The fourth-order valence-electron chi connectivity index (χ4n) is 3.53. The van der Waals surface area contributed by atoms with E-state index < -0.39 is 0 Å². The summed E-state index contributed by atoms with van der Waals surface area (Å²) in [6.07, 6.45) is 2.69. The monoisotopic (exact) mass is 288 g/mol. The first-order valence-corrected chi connectivity index (χ1v) is 7.87. The first kappa shape index (κ1) is 14.5. The van der Waals surface area contributed by atoms with Crippen molar-refractivity contribution in [1.29, 1.82) is 0 Å². The molecule has 2 aliphatic rings. The quantitative estimate of drug-likeness (QED) is 0.631. The van der Waals surface area contributed by atoms with E-state index in [1.165, 1.54) is 45.0 Å². The number of esters is 1. The molecule has 0 aliphatic carbocycles. The molecule has 114 valence electrons. The minimum atomic E-state index is -0.270. The largest absolute Gasteiger partial charge is 0.427 e. The lowest BCUT2D eigenvalue weighted by atomic mass is 10.1. The minimum absolute atomic E-state index is 0.270. The topological polar surface area (TPSA) is 32.8 Å². The molecule has 0 radical (unpaired) electrons. The molecule has 1 aromatic carbocycles. The van der Waals surface area contributed by atoms with Gasteiger partial charge in [0.25, 0.3) is 0 Å². The summed E-state index contributed by atoms with van der Waals surface area (Å²) in [5, 5.41) is 0. The summed E-state index contributed by atoms with van der Waals surface area (Å²) in [5.74, 6) is 0.355. The lowest BCUT2D eigenvalue weighted by Crippen LogP contribution is -2.54. The predicted molar refractivity (Wildman–Crippen MR) is 82.2 cm³/mol. The van der Waals surface area contributed by atoms with Crippen LogP contribution in [0.4, 0.5) is 0 Å². The lowest BCUT2D eigenvalue weighted by molar-refractivity contribution is -0.131. The molecular weight excluding hydrogens is 264 g/mol. The number of hydrogen-bond acceptors (Lipinski definition) is 4. The highest BCUT2D eigenvalue weighted by atomic mass is 16.5. The van der Waals surface area contributed by atoms with Gasteiger partial charge >= 0.3 is 5.97 Å². The zero-order valence-electron chi connectivity index (χ0n) is 12.9. The van der Waals surface area contributed by atoms with Crippen molar-refractivity contribution in [2.45, 2.75) is 45.3 Å². The van der Waals surface area contributed by atoms with E-state index in [1.807, 2.05) is 12.1 Å². The summed E-state index contributed by atoms with van der Waals surface area (Å²) in [5.41, 5.74) is 1.28. The van der Waals surface area contributed by atoms with Crippen LogP contribution in [-0.4, -0.2) is 47.5 Å². The molecule has 4 nitrogen and oxygen atoms in total. The van der Waals surface area contributed by atoms with Crippen molar-refractivity contribution in [1.82, 2.24) is 9.80 Å². The third-order valence-corrected chi connectivity index (χ3v) is 4.64. The van der Waals surface area contributed by atoms with Crippen LogP contribution in [0.1, 0.15) is 32.3 Å². The number of ether oxygens (including phenoxy) is 1. The maximum absolute atomic E-state index is 10.9. The van der Waals surface area contributed by atoms with Gasteiger partial charge in [0, 0.05) is 38.6 Å². The molecule has 0 bridgehead atoms. The van der Waals surface area contributed by atoms with Gasteiger partial charge in [0.2, 0.25) is 0 Å². The second kappa shape index (κ2) is 6.16. The van der Waals surface area contributed by atoms with E-state index in [-0.39, 0.29) is 5.97 Å². The number of carbonyl (C=O) groups is 1. The Morgan fingerprint density at radius 1 is 1.29 bits per heavy atom. The second-order valence-electron chi connectivity index (χ2n) is 6.31. The van der Waals surface area contributed by atoms with Crippen LogP contribution in [0.3, 0.4) is 0 Å². The number of piperazine rings is 1. The van der Waals surface area contributed by atoms with Crippen molar-refractivity contribution in [3.05, 3.63) is 29.8 Å². The molecule has 0 aromatic heterocycles. The first-order chi connectivity index (χ1) is 10.1. The van der Waals surface area contributed by atoms with Gasteiger partial charge in [-0.15, -0.1) is 0 Å². The van der Waals surface area contributed by atoms with Crippen molar-refractivity contribution in [3.8, 4) is 5.75 Å². The lowest BCUT2D eigenvalue weighted by Gasteiger charge is -2.42. The Bertz CT molecular complexity index is 500. The molecule has 21 heavy (non-hydrogen) atoms. The van der Waals surface area contributed by atoms with Crippen LogP contribution in [0.5, 0.6) is 5.75 Å². The van der Waals surface area contributed by atoms with Crippen molar-refractivity contribution in [2.24, 2.45) is 0 Å². The Hall–Kier alpha value is -1.39. The summed E-state index contributed by atoms with van der Waals surface area (Å²) < 4.78 is 5.08. The number of fused-ring (bicyclic) bond motifs is 1.